The molecule has 3 heteroatoms. The molecule has 1 nitrogen and oxygen atoms in total. The van der Waals surface area contributed by atoms with Gasteiger partial charge in [-0.1, -0.05) is 41.4 Å². The first-order valence-corrected chi connectivity index (χ1v) is 7.68. The Kier molecular flexibility index (Phi) is 4.87. The van der Waals surface area contributed by atoms with Gasteiger partial charge < -0.3 is 5.32 Å². The quantitative estimate of drug-likeness (QED) is 0.743. The van der Waals surface area contributed by atoms with E-state index in [4.69, 9.17) is 11.6 Å². The van der Waals surface area contributed by atoms with Gasteiger partial charge in [0.1, 0.15) is 0 Å². The predicted molar refractivity (Wildman–Crippen MR) is 91.0 cm³/mol. The van der Waals surface area contributed by atoms with E-state index in [1.54, 1.807) is 0 Å². The first-order valence-electron chi connectivity index (χ1n) is 6.22. The van der Waals surface area contributed by atoms with E-state index in [-0.39, 0.29) is 6.04 Å². The molecule has 0 aliphatic rings. The van der Waals surface area contributed by atoms with Gasteiger partial charge in [-0.2, -0.15) is 0 Å². The summed E-state index contributed by atoms with van der Waals surface area (Å²) in [6.07, 6.45) is 0. The van der Waals surface area contributed by atoms with E-state index in [9.17, 15) is 0 Å². The summed E-state index contributed by atoms with van der Waals surface area (Å²) >= 11 is 8.48. The summed E-state index contributed by atoms with van der Waals surface area (Å²) in [5, 5.41) is 4.19. The van der Waals surface area contributed by atoms with Crippen molar-refractivity contribution in [1.29, 1.82) is 0 Å². The van der Waals surface area contributed by atoms with E-state index < -0.39 is 0 Å². The Morgan fingerprint density at radius 3 is 2.42 bits per heavy atom. The van der Waals surface area contributed by atoms with Crippen LogP contribution in [0.5, 0.6) is 0 Å². The topological polar surface area (TPSA) is 12.0 Å². The third-order valence-electron chi connectivity index (χ3n) is 3.30. The van der Waals surface area contributed by atoms with Gasteiger partial charge in [0.2, 0.25) is 0 Å². The SMILES string of the molecule is CNC(c1ccc(I)c(Cl)c1)c1ccc(C)cc1C. The fraction of sp³-hybridized carbons (Fsp3) is 0.250. The summed E-state index contributed by atoms with van der Waals surface area (Å²) in [5.74, 6) is 0. The number of hydrogen-bond acceptors (Lipinski definition) is 1. The Morgan fingerprint density at radius 2 is 1.84 bits per heavy atom. The van der Waals surface area contributed by atoms with Gasteiger partial charge in [0, 0.05) is 3.57 Å². The van der Waals surface area contributed by atoms with Crippen molar-refractivity contribution in [1.82, 2.24) is 5.32 Å². The third kappa shape index (κ3) is 3.30. The molecule has 0 radical (unpaired) electrons. The van der Waals surface area contributed by atoms with Crippen LogP contribution in [-0.2, 0) is 0 Å². The molecule has 1 N–H and O–H groups in total. The third-order valence-corrected chi connectivity index (χ3v) is 4.87. The zero-order chi connectivity index (χ0) is 14.0. The highest BCUT2D eigenvalue weighted by Crippen LogP contribution is 2.29. The average molecular weight is 386 g/mol. The van der Waals surface area contributed by atoms with Gasteiger partial charge >= 0.3 is 0 Å². The highest BCUT2D eigenvalue weighted by atomic mass is 127. The largest absolute Gasteiger partial charge is 0.309 e. The molecule has 0 saturated carbocycles. The lowest BCUT2D eigenvalue weighted by atomic mass is 9.94. The van der Waals surface area contributed by atoms with E-state index in [1.807, 2.05) is 13.1 Å². The van der Waals surface area contributed by atoms with Crippen LogP contribution in [0.4, 0.5) is 0 Å². The van der Waals surface area contributed by atoms with Crippen LogP contribution in [0.3, 0.4) is 0 Å². The fourth-order valence-electron chi connectivity index (χ4n) is 2.34. The Labute approximate surface area is 133 Å². The van der Waals surface area contributed by atoms with Gasteiger partial charge in [0.05, 0.1) is 11.1 Å². The second-order valence-corrected chi connectivity index (χ2v) is 6.32. The van der Waals surface area contributed by atoms with Crippen LogP contribution in [0.15, 0.2) is 36.4 Å². The molecule has 0 bridgehead atoms. The minimum Gasteiger partial charge on any atom is -0.309 e. The van der Waals surface area contributed by atoms with Crippen molar-refractivity contribution in [3.63, 3.8) is 0 Å². The Hall–Kier alpha value is -0.580. The molecule has 1 unspecified atom stereocenters. The molecular formula is C16H17ClIN. The predicted octanol–water partition coefficient (Wildman–Crippen LogP) is 4.87. The lowest BCUT2D eigenvalue weighted by Crippen LogP contribution is -2.18. The van der Waals surface area contributed by atoms with Crippen molar-refractivity contribution < 1.29 is 0 Å². The van der Waals surface area contributed by atoms with Crippen molar-refractivity contribution in [3.8, 4) is 0 Å². The minimum absolute atomic E-state index is 0.176. The van der Waals surface area contributed by atoms with E-state index in [1.165, 1.54) is 22.3 Å². The lowest BCUT2D eigenvalue weighted by Gasteiger charge is -2.20. The first kappa shape index (κ1) is 14.8. The monoisotopic (exact) mass is 385 g/mol. The molecule has 0 fully saturated rings. The van der Waals surface area contributed by atoms with Crippen molar-refractivity contribution in [2.24, 2.45) is 0 Å². The highest BCUT2D eigenvalue weighted by molar-refractivity contribution is 14.1. The van der Waals surface area contributed by atoms with Gasteiger partial charge in [-0.25, -0.2) is 0 Å². The normalized spacial score (nSPS) is 12.5. The zero-order valence-corrected chi connectivity index (χ0v) is 14.2. The molecule has 1 atom stereocenters. The molecule has 0 spiro atoms. The summed E-state index contributed by atoms with van der Waals surface area (Å²) in [4.78, 5) is 0. The molecular weight excluding hydrogens is 369 g/mol. The molecule has 0 aliphatic carbocycles. The summed E-state index contributed by atoms with van der Waals surface area (Å²) in [5.41, 5.74) is 5.08. The Balaban J connectivity index is 2.46. The molecule has 0 saturated heterocycles. The molecule has 100 valence electrons. The Morgan fingerprint density at radius 1 is 1.11 bits per heavy atom. The maximum Gasteiger partial charge on any atom is 0.0577 e. The number of hydrogen-bond donors (Lipinski definition) is 1. The van der Waals surface area contributed by atoms with Crippen molar-refractivity contribution >= 4 is 34.2 Å². The summed E-state index contributed by atoms with van der Waals surface area (Å²) in [6, 6.07) is 13.0. The smallest absolute Gasteiger partial charge is 0.0577 e. The maximum absolute atomic E-state index is 6.23. The number of nitrogens with one attached hydrogen (secondary N) is 1. The second-order valence-electron chi connectivity index (χ2n) is 4.76. The van der Waals surface area contributed by atoms with Crippen LogP contribution in [-0.4, -0.2) is 7.05 Å². The van der Waals surface area contributed by atoms with Gasteiger partial charge in [0.25, 0.3) is 0 Å². The molecule has 2 aromatic rings. The van der Waals surface area contributed by atoms with Crippen LogP contribution in [0.1, 0.15) is 28.3 Å². The van der Waals surface area contributed by atoms with Crippen LogP contribution in [0, 0.1) is 17.4 Å². The molecule has 0 heterocycles. The van der Waals surface area contributed by atoms with Gasteiger partial charge in [0.15, 0.2) is 0 Å². The molecule has 2 rings (SSSR count). The Bertz CT molecular complexity index is 595. The number of halogens is 2. The van der Waals surface area contributed by atoms with Crippen molar-refractivity contribution in [3.05, 3.63) is 67.2 Å². The van der Waals surface area contributed by atoms with Gasteiger partial charge in [-0.05, 0) is 72.3 Å². The van der Waals surface area contributed by atoms with E-state index >= 15 is 0 Å². The summed E-state index contributed by atoms with van der Waals surface area (Å²) in [7, 11) is 1.98. The lowest BCUT2D eigenvalue weighted by molar-refractivity contribution is 0.687. The van der Waals surface area contributed by atoms with Crippen LogP contribution >= 0.6 is 34.2 Å². The van der Waals surface area contributed by atoms with Crippen molar-refractivity contribution in [2.75, 3.05) is 7.05 Å². The fourth-order valence-corrected chi connectivity index (χ4v) is 2.87. The maximum atomic E-state index is 6.23. The summed E-state index contributed by atoms with van der Waals surface area (Å²) < 4.78 is 1.08. The number of rotatable bonds is 3. The zero-order valence-electron chi connectivity index (χ0n) is 11.3. The van der Waals surface area contributed by atoms with E-state index in [0.717, 1.165) is 8.59 Å². The van der Waals surface area contributed by atoms with Crippen LogP contribution < -0.4 is 5.32 Å². The van der Waals surface area contributed by atoms with Gasteiger partial charge in [-0.15, -0.1) is 0 Å². The molecule has 0 aliphatic heterocycles. The summed E-state index contributed by atoms with van der Waals surface area (Å²) in [6.45, 7) is 4.27. The van der Waals surface area contributed by atoms with Crippen molar-refractivity contribution in [2.45, 2.75) is 19.9 Å². The number of benzene rings is 2. The highest BCUT2D eigenvalue weighted by Gasteiger charge is 2.15. The number of aryl methyl sites for hydroxylation is 2. The molecule has 2 aromatic carbocycles. The standard InChI is InChI=1S/C16H17ClIN/c1-10-4-6-13(11(2)8-10)16(19-3)12-5-7-15(18)14(17)9-12/h4-9,16,19H,1-3H3. The first-order chi connectivity index (χ1) is 9.02. The van der Waals surface area contributed by atoms with E-state index in [2.05, 4.69) is 72.1 Å². The van der Waals surface area contributed by atoms with Crippen LogP contribution in [0.25, 0.3) is 0 Å². The second kappa shape index (κ2) is 6.25. The minimum atomic E-state index is 0.176. The van der Waals surface area contributed by atoms with Gasteiger partial charge in [-0.3, -0.25) is 0 Å². The van der Waals surface area contributed by atoms with E-state index in [0.29, 0.717) is 0 Å². The van der Waals surface area contributed by atoms with Crippen LogP contribution in [0.2, 0.25) is 5.02 Å². The molecule has 0 aromatic heterocycles. The molecule has 0 amide bonds. The molecule has 19 heavy (non-hydrogen) atoms. The average Bonchev–Trinajstić information content (AvgIpc) is 2.37.